The lowest BCUT2D eigenvalue weighted by Crippen LogP contribution is -2.46. The number of hydrogen-bond donors (Lipinski definition) is 1. The van der Waals surface area contributed by atoms with Gasteiger partial charge in [0.2, 0.25) is 0 Å². The summed E-state index contributed by atoms with van der Waals surface area (Å²) in [6.07, 6.45) is 0. The van der Waals surface area contributed by atoms with Gasteiger partial charge in [0.05, 0.1) is 0 Å². The molecular formula is C15H21NO. The second kappa shape index (κ2) is 4.26. The fourth-order valence-electron chi connectivity index (χ4n) is 2.10. The Morgan fingerprint density at radius 3 is 2.35 bits per heavy atom. The minimum atomic E-state index is 0.143. The topological polar surface area (TPSA) is 29.1 Å². The van der Waals surface area contributed by atoms with Crippen molar-refractivity contribution in [3.8, 4) is 0 Å². The van der Waals surface area contributed by atoms with E-state index in [2.05, 4.69) is 38.2 Å². The van der Waals surface area contributed by atoms with E-state index in [1.807, 2.05) is 13.0 Å². The highest BCUT2D eigenvalue weighted by atomic mass is 16.1. The highest BCUT2D eigenvalue weighted by Gasteiger charge is 2.27. The minimum absolute atomic E-state index is 0.143. The number of benzene rings is 1. The molecule has 1 aliphatic heterocycles. The van der Waals surface area contributed by atoms with Gasteiger partial charge in [0.25, 0.3) is 0 Å². The van der Waals surface area contributed by atoms with Gasteiger partial charge in [-0.1, -0.05) is 39.0 Å². The van der Waals surface area contributed by atoms with Gasteiger partial charge in [0, 0.05) is 24.6 Å². The van der Waals surface area contributed by atoms with E-state index in [0.29, 0.717) is 5.78 Å². The molecule has 1 fully saturated rings. The molecule has 1 aliphatic rings. The maximum absolute atomic E-state index is 12.2. The van der Waals surface area contributed by atoms with Gasteiger partial charge in [0.15, 0.2) is 5.78 Å². The van der Waals surface area contributed by atoms with Crippen LogP contribution in [0, 0.1) is 12.8 Å². The normalized spacial score (nSPS) is 16.7. The zero-order chi connectivity index (χ0) is 12.6. The third-order valence-electron chi connectivity index (χ3n) is 3.51. The number of hydrogen-bond acceptors (Lipinski definition) is 2. The van der Waals surface area contributed by atoms with Gasteiger partial charge in [-0.3, -0.25) is 4.79 Å². The molecule has 1 aromatic carbocycles. The molecule has 17 heavy (non-hydrogen) atoms. The van der Waals surface area contributed by atoms with Crippen LogP contribution >= 0.6 is 0 Å². The molecule has 1 aromatic rings. The number of nitrogens with one attached hydrogen (secondary N) is 1. The summed E-state index contributed by atoms with van der Waals surface area (Å²) in [4.78, 5) is 12.2. The van der Waals surface area contributed by atoms with E-state index in [1.165, 1.54) is 5.56 Å². The number of rotatable bonds is 2. The van der Waals surface area contributed by atoms with Crippen LogP contribution in [0.1, 0.15) is 42.3 Å². The molecule has 1 heterocycles. The van der Waals surface area contributed by atoms with Crippen LogP contribution in [0.5, 0.6) is 0 Å². The van der Waals surface area contributed by atoms with E-state index in [1.54, 1.807) is 0 Å². The maximum atomic E-state index is 12.2. The Kier molecular flexibility index (Phi) is 3.09. The Morgan fingerprint density at radius 1 is 1.29 bits per heavy atom. The quantitative estimate of drug-likeness (QED) is 0.793. The highest BCUT2D eigenvalue weighted by molar-refractivity contribution is 6.00. The molecule has 0 unspecified atom stereocenters. The van der Waals surface area contributed by atoms with Crippen molar-refractivity contribution in [1.82, 2.24) is 5.32 Å². The number of ketones is 1. The van der Waals surface area contributed by atoms with Crippen LogP contribution < -0.4 is 5.32 Å². The molecule has 0 spiro atoms. The lowest BCUT2D eigenvalue weighted by atomic mass is 9.83. The van der Waals surface area contributed by atoms with Crippen molar-refractivity contribution in [2.24, 2.45) is 5.92 Å². The molecule has 2 heteroatoms. The SMILES string of the molecule is Cc1cc(C(C)(C)C)ccc1C(=O)C1CNC1. The van der Waals surface area contributed by atoms with Crippen molar-refractivity contribution in [2.75, 3.05) is 13.1 Å². The van der Waals surface area contributed by atoms with Gasteiger partial charge in [-0.15, -0.1) is 0 Å². The molecule has 1 N–H and O–H groups in total. The van der Waals surface area contributed by atoms with Gasteiger partial charge in [-0.2, -0.15) is 0 Å². The van der Waals surface area contributed by atoms with Crippen LogP contribution in [-0.4, -0.2) is 18.9 Å². The summed E-state index contributed by atoms with van der Waals surface area (Å²) in [7, 11) is 0. The third kappa shape index (κ3) is 2.42. The van der Waals surface area contributed by atoms with E-state index >= 15 is 0 Å². The second-order valence-corrected chi connectivity index (χ2v) is 6.00. The zero-order valence-electron chi connectivity index (χ0n) is 11.1. The zero-order valence-corrected chi connectivity index (χ0v) is 11.1. The molecule has 0 aromatic heterocycles. The maximum Gasteiger partial charge on any atom is 0.168 e. The Labute approximate surface area is 103 Å². The summed E-state index contributed by atoms with van der Waals surface area (Å²) in [5.41, 5.74) is 3.43. The van der Waals surface area contributed by atoms with Crippen molar-refractivity contribution in [3.63, 3.8) is 0 Å². The summed E-state index contributed by atoms with van der Waals surface area (Å²) in [6.45, 7) is 10.3. The summed E-state index contributed by atoms with van der Waals surface area (Å²) in [5, 5.41) is 3.15. The van der Waals surface area contributed by atoms with Gasteiger partial charge >= 0.3 is 0 Å². The van der Waals surface area contributed by atoms with Crippen molar-refractivity contribution in [1.29, 1.82) is 0 Å². The van der Waals surface area contributed by atoms with Crippen molar-refractivity contribution in [3.05, 3.63) is 34.9 Å². The Balaban J connectivity index is 2.28. The lowest BCUT2D eigenvalue weighted by Gasteiger charge is -2.27. The van der Waals surface area contributed by atoms with Crippen molar-refractivity contribution < 1.29 is 4.79 Å². The van der Waals surface area contributed by atoms with E-state index < -0.39 is 0 Å². The van der Waals surface area contributed by atoms with Gasteiger partial charge < -0.3 is 5.32 Å². The molecule has 2 nitrogen and oxygen atoms in total. The fraction of sp³-hybridized carbons (Fsp3) is 0.533. The summed E-state index contributed by atoms with van der Waals surface area (Å²) in [6, 6.07) is 6.24. The Morgan fingerprint density at radius 2 is 1.94 bits per heavy atom. The monoisotopic (exact) mass is 231 g/mol. The molecule has 92 valence electrons. The predicted octanol–water partition coefficient (Wildman–Crippen LogP) is 2.69. The van der Waals surface area contributed by atoms with Gasteiger partial charge in [-0.25, -0.2) is 0 Å². The molecule has 0 aliphatic carbocycles. The first-order valence-corrected chi connectivity index (χ1v) is 6.25. The molecule has 0 bridgehead atoms. The van der Waals surface area contributed by atoms with Crippen LogP contribution in [0.2, 0.25) is 0 Å². The van der Waals surface area contributed by atoms with E-state index in [-0.39, 0.29) is 11.3 Å². The fourth-order valence-corrected chi connectivity index (χ4v) is 2.10. The van der Waals surface area contributed by atoms with E-state index in [0.717, 1.165) is 24.2 Å². The van der Waals surface area contributed by atoms with Crippen LogP contribution in [0.3, 0.4) is 0 Å². The minimum Gasteiger partial charge on any atom is -0.315 e. The number of Topliss-reactive ketones (excluding diaryl/α,β-unsaturated/α-hetero) is 1. The van der Waals surface area contributed by atoms with Crippen LogP contribution in [-0.2, 0) is 5.41 Å². The summed E-state index contributed by atoms with van der Waals surface area (Å²) in [5.74, 6) is 0.482. The molecular weight excluding hydrogens is 210 g/mol. The van der Waals surface area contributed by atoms with Crippen LogP contribution in [0.4, 0.5) is 0 Å². The Hall–Kier alpha value is -1.15. The smallest absolute Gasteiger partial charge is 0.168 e. The molecule has 0 saturated carbocycles. The second-order valence-electron chi connectivity index (χ2n) is 6.00. The average Bonchev–Trinajstić information content (AvgIpc) is 2.12. The van der Waals surface area contributed by atoms with Crippen LogP contribution in [0.15, 0.2) is 18.2 Å². The number of aryl methyl sites for hydroxylation is 1. The molecule has 0 atom stereocenters. The summed E-state index contributed by atoms with van der Waals surface area (Å²) < 4.78 is 0. The van der Waals surface area contributed by atoms with Gasteiger partial charge in [0.1, 0.15) is 0 Å². The third-order valence-corrected chi connectivity index (χ3v) is 3.51. The first kappa shape index (κ1) is 12.3. The molecule has 0 amide bonds. The lowest BCUT2D eigenvalue weighted by molar-refractivity contribution is 0.0877. The molecule has 2 rings (SSSR count). The highest BCUT2D eigenvalue weighted by Crippen LogP contribution is 2.25. The Bertz CT molecular complexity index is 439. The molecule has 1 saturated heterocycles. The van der Waals surface area contributed by atoms with Crippen molar-refractivity contribution >= 4 is 5.78 Å². The first-order chi connectivity index (χ1) is 7.89. The predicted molar refractivity (Wildman–Crippen MR) is 70.6 cm³/mol. The first-order valence-electron chi connectivity index (χ1n) is 6.25. The van der Waals surface area contributed by atoms with E-state index in [4.69, 9.17) is 0 Å². The summed E-state index contributed by atoms with van der Waals surface area (Å²) >= 11 is 0. The van der Waals surface area contributed by atoms with Crippen LogP contribution in [0.25, 0.3) is 0 Å². The average molecular weight is 231 g/mol. The van der Waals surface area contributed by atoms with Gasteiger partial charge in [-0.05, 0) is 23.5 Å². The van der Waals surface area contributed by atoms with E-state index in [9.17, 15) is 4.79 Å². The standard InChI is InChI=1S/C15H21NO/c1-10-7-12(15(2,3)4)5-6-13(10)14(17)11-8-16-9-11/h5-7,11,16H,8-9H2,1-4H3. The number of carbonyl (C=O) groups excluding carboxylic acids is 1. The number of carbonyl (C=O) groups is 1. The molecule has 0 radical (unpaired) electrons. The largest absolute Gasteiger partial charge is 0.315 e. The van der Waals surface area contributed by atoms with Crippen molar-refractivity contribution in [2.45, 2.75) is 33.1 Å².